The third-order valence-corrected chi connectivity index (χ3v) is 5.68. The molecule has 0 spiro atoms. The summed E-state index contributed by atoms with van der Waals surface area (Å²) >= 11 is 6.07. The molecule has 3 aromatic heterocycles. The highest BCUT2D eigenvalue weighted by Gasteiger charge is 2.37. The van der Waals surface area contributed by atoms with Gasteiger partial charge in [0, 0.05) is 49.1 Å². The van der Waals surface area contributed by atoms with Gasteiger partial charge in [-0.3, -0.25) is 9.59 Å². The first-order chi connectivity index (χ1) is 16.2. The van der Waals surface area contributed by atoms with Crippen LogP contribution in [0.5, 0.6) is 0 Å². The second kappa shape index (κ2) is 9.45. The summed E-state index contributed by atoms with van der Waals surface area (Å²) in [4.78, 5) is 44.1. The van der Waals surface area contributed by atoms with Gasteiger partial charge in [0.2, 0.25) is 11.8 Å². The van der Waals surface area contributed by atoms with E-state index in [4.69, 9.17) is 11.6 Å². The Hall–Kier alpha value is -3.41. The quantitative estimate of drug-likeness (QED) is 0.563. The Bertz CT molecular complexity index is 1220. The minimum atomic E-state index is -4.55. The van der Waals surface area contributed by atoms with Gasteiger partial charge >= 0.3 is 6.18 Å². The van der Waals surface area contributed by atoms with Crippen molar-refractivity contribution in [3.05, 3.63) is 35.7 Å². The Morgan fingerprint density at radius 1 is 1.29 bits per heavy atom. The zero-order chi connectivity index (χ0) is 24.5. The molecule has 0 radical (unpaired) electrons. The summed E-state index contributed by atoms with van der Waals surface area (Å²) in [6.45, 7) is 0.694. The molecule has 34 heavy (non-hydrogen) atoms. The van der Waals surface area contributed by atoms with Gasteiger partial charge in [0.25, 0.3) is 0 Å². The molecule has 3 aromatic rings. The molecule has 13 heteroatoms. The fraction of sp³-hybridized carbons (Fsp3) is 0.381. The SMILES string of the molecule is CCC(=O)N1CCN(c2ccnc(-c3c[nH]c4ncc(Cl)cc34)n2)[C@H](C(=O)NCC(F)(F)F)C1. The summed E-state index contributed by atoms with van der Waals surface area (Å²) in [5.74, 6) is -0.339. The van der Waals surface area contributed by atoms with E-state index in [0.717, 1.165) is 0 Å². The predicted octanol–water partition coefficient (Wildman–Crippen LogP) is 2.78. The lowest BCUT2D eigenvalue weighted by atomic mass is 10.1. The van der Waals surface area contributed by atoms with E-state index < -0.39 is 24.7 Å². The van der Waals surface area contributed by atoms with E-state index in [1.807, 2.05) is 5.32 Å². The van der Waals surface area contributed by atoms with Crippen molar-refractivity contribution in [2.75, 3.05) is 31.1 Å². The van der Waals surface area contributed by atoms with Crippen molar-refractivity contribution in [3.8, 4) is 11.4 Å². The summed E-state index contributed by atoms with van der Waals surface area (Å²) in [5.41, 5.74) is 1.22. The minimum Gasteiger partial charge on any atom is -0.345 e. The third kappa shape index (κ3) is 5.06. The van der Waals surface area contributed by atoms with E-state index >= 15 is 0 Å². The fourth-order valence-electron chi connectivity index (χ4n) is 3.84. The molecule has 0 saturated carbocycles. The van der Waals surface area contributed by atoms with Crippen molar-refractivity contribution >= 4 is 40.3 Å². The number of aromatic amines is 1. The van der Waals surface area contributed by atoms with Crippen LogP contribution in [0.2, 0.25) is 5.02 Å². The maximum Gasteiger partial charge on any atom is 0.405 e. The van der Waals surface area contributed by atoms with Crippen molar-refractivity contribution < 1.29 is 22.8 Å². The molecule has 9 nitrogen and oxygen atoms in total. The number of alkyl halides is 3. The standard InChI is InChI=1S/C21H21ClF3N7O2/c1-2-17(33)31-5-6-32(15(10-31)20(34)29-11-21(23,24)25)16-3-4-26-19(30-16)14-9-28-18-13(14)7-12(22)8-27-18/h3-4,7-9,15H,2,5-6,10-11H2,1H3,(H,27,28)(H,29,34)/t15-/m0/s1. The molecule has 0 bridgehead atoms. The Morgan fingerprint density at radius 3 is 2.82 bits per heavy atom. The van der Waals surface area contributed by atoms with Crippen LogP contribution >= 0.6 is 11.6 Å². The normalized spacial score (nSPS) is 16.7. The second-order valence-corrected chi connectivity index (χ2v) is 8.16. The average molecular weight is 496 g/mol. The van der Waals surface area contributed by atoms with Crippen molar-refractivity contribution in [2.45, 2.75) is 25.6 Å². The van der Waals surface area contributed by atoms with Crippen LogP contribution in [0.3, 0.4) is 0 Å². The highest BCUT2D eigenvalue weighted by molar-refractivity contribution is 6.31. The Morgan fingerprint density at radius 2 is 2.09 bits per heavy atom. The first kappa shape index (κ1) is 23.7. The van der Waals surface area contributed by atoms with Gasteiger partial charge in [0.1, 0.15) is 24.1 Å². The summed E-state index contributed by atoms with van der Waals surface area (Å²) in [6, 6.07) is 2.24. The number of carbonyl (C=O) groups excluding carboxylic acids is 2. The highest BCUT2D eigenvalue weighted by Crippen LogP contribution is 2.29. The monoisotopic (exact) mass is 495 g/mol. The number of pyridine rings is 1. The van der Waals surface area contributed by atoms with Crippen LogP contribution in [0.4, 0.5) is 19.0 Å². The fourth-order valence-corrected chi connectivity index (χ4v) is 4.00. The third-order valence-electron chi connectivity index (χ3n) is 5.48. The minimum absolute atomic E-state index is 0.0533. The topological polar surface area (TPSA) is 107 Å². The first-order valence-electron chi connectivity index (χ1n) is 10.5. The smallest absolute Gasteiger partial charge is 0.345 e. The average Bonchev–Trinajstić information content (AvgIpc) is 3.24. The number of nitrogens with zero attached hydrogens (tertiary/aromatic N) is 5. The highest BCUT2D eigenvalue weighted by atomic mass is 35.5. The molecule has 1 fully saturated rings. The molecular weight excluding hydrogens is 475 g/mol. The molecule has 4 heterocycles. The zero-order valence-electron chi connectivity index (χ0n) is 18.1. The molecule has 180 valence electrons. The first-order valence-corrected chi connectivity index (χ1v) is 10.9. The molecule has 0 aliphatic carbocycles. The van der Waals surface area contributed by atoms with E-state index in [1.165, 1.54) is 17.3 Å². The molecule has 1 atom stereocenters. The van der Waals surface area contributed by atoms with E-state index in [-0.39, 0.29) is 25.4 Å². The lowest BCUT2D eigenvalue weighted by Gasteiger charge is -2.41. The summed E-state index contributed by atoms with van der Waals surface area (Å²) in [5, 5.41) is 3.06. The number of anilines is 1. The second-order valence-electron chi connectivity index (χ2n) is 7.73. The van der Waals surface area contributed by atoms with E-state index in [1.54, 1.807) is 30.2 Å². The van der Waals surface area contributed by atoms with Gasteiger partial charge < -0.3 is 20.1 Å². The molecule has 0 aromatic carbocycles. The van der Waals surface area contributed by atoms with E-state index in [0.29, 0.717) is 39.8 Å². The number of nitrogens with one attached hydrogen (secondary N) is 2. The molecule has 2 N–H and O–H groups in total. The number of hydrogen-bond acceptors (Lipinski definition) is 6. The van der Waals surface area contributed by atoms with Gasteiger partial charge in [-0.05, 0) is 12.1 Å². The van der Waals surface area contributed by atoms with E-state index in [9.17, 15) is 22.8 Å². The van der Waals surface area contributed by atoms with Crippen molar-refractivity contribution in [1.82, 2.24) is 30.2 Å². The lowest BCUT2D eigenvalue weighted by molar-refractivity contribution is -0.141. The van der Waals surface area contributed by atoms with Crippen molar-refractivity contribution in [2.24, 2.45) is 0 Å². The number of carbonyl (C=O) groups is 2. The van der Waals surface area contributed by atoms with E-state index in [2.05, 4.69) is 19.9 Å². The van der Waals surface area contributed by atoms with Crippen molar-refractivity contribution in [3.63, 3.8) is 0 Å². The number of H-pyrrole nitrogens is 1. The molecule has 0 unspecified atom stereocenters. The molecule has 2 amide bonds. The molecule has 1 saturated heterocycles. The maximum atomic E-state index is 12.7. The van der Waals surface area contributed by atoms with Gasteiger partial charge in [-0.15, -0.1) is 0 Å². The number of piperazine rings is 1. The van der Waals surface area contributed by atoms with Gasteiger partial charge in [0.15, 0.2) is 5.82 Å². The van der Waals surface area contributed by atoms with Gasteiger partial charge in [-0.2, -0.15) is 13.2 Å². The Kier molecular flexibility index (Phi) is 6.60. The number of hydrogen-bond donors (Lipinski definition) is 2. The molecule has 1 aliphatic heterocycles. The van der Waals surface area contributed by atoms with Crippen LogP contribution < -0.4 is 10.2 Å². The summed E-state index contributed by atoms with van der Waals surface area (Å²) < 4.78 is 38.1. The maximum absolute atomic E-state index is 12.7. The van der Waals surface area contributed by atoms with Crippen LogP contribution in [0.1, 0.15) is 13.3 Å². The van der Waals surface area contributed by atoms with Crippen LogP contribution in [-0.4, -0.2) is 75.0 Å². The molecular formula is C21H21ClF3N7O2. The number of rotatable bonds is 5. The van der Waals surface area contributed by atoms with Crippen LogP contribution in [0.15, 0.2) is 30.7 Å². The Labute approximate surface area is 197 Å². The summed E-state index contributed by atoms with van der Waals surface area (Å²) in [6.07, 6.45) is 0.358. The van der Waals surface area contributed by atoms with Crippen LogP contribution in [0.25, 0.3) is 22.4 Å². The largest absolute Gasteiger partial charge is 0.405 e. The number of fused-ring (bicyclic) bond motifs is 1. The number of halogens is 4. The number of amides is 2. The van der Waals surface area contributed by atoms with Crippen LogP contribution in [0, 0.1) is 0 Å². The number of aromatic nitrogens is 4. The van der Waals surface area contributed by atoms with Gasteiger partial charge in [-0.1, -0.05) is 18.5 Å². The molecule has 4 rings (SSSR count). The predicted molar refractivity (Wildman–Crippen MR) is 119 cm³/mol. The van der Waals surface area contributed by atoms with Crippen LogP contribution in [-0.2, 0) is 9.59 Å². The van der Waals surface area contributed by atoms with Gasteiger partial charge in [-0.25, -0.2) is 15.0 Å². The summed E-state index contributed by atoms with van der Waals surface area (Å²) in [7, 11) is 0. The Balaban J connectivity index is 1.66. The van der Waals surface area contributed by atoms with Gasteiger partial charge in [0.05, 0.1) is 11.6 Å². The zero-order valence-corrected chi connectivity index (χ0v) is 18.8. The molecule has 1 aliphatic rings. The van der Waals surface area contributed by atoms with Crippen molar-refractivity contribution in [1.29, 1.82) is 0 Å². The lowest BCUT2D eigenvalue weighted by Crippen LogP contribution is -2.61.